The van der Waals surface area contributed by atoms with Gasteiger partial charge in [-0.1, -0.05) is 11.6 Å². The maximum Gasteiger partial charge on any atom is 0.315 e. The van der Waals surface area contributed by atoms with Gasteiger partial charge in [0.25, 0.3) is 0 Å². The second-order valence-corrected chi connectivity index (χ2v) is 4.46. The van der Waals surface area contributed by atoms with Gasteiger partial charge in [0.15, 0.2) is 18.6 Å². The number of hydrogen-bond donors (Lipinski definition) is 0. The molecule has 0 rings (SSSR count). The molecule has 0 aliphatic carbocycles. The number of methoxy groups -OCH3 is 1. The first-order valence-electron chi connectivity index (χ1n) is 5.36. The molecule has 0 bridgehead atoms. The summed E-state index contributed by atoms with van der Waals surface area (Å²) in [6, 6.07) is -0.158. The summed E-state index contributed by atoms with van der Waals surface area (Å²) in [4.78, 5) is 11.5. The monoisotopic (exact) mass is 268 g/mol. The van der Waals surface area contributed by atoms with Crippen LogP contribution in [0.4, 0.5) is 0 Å². The zero-order valence-corrected chi connectivity index (χ0v) is 11.7. The van der Waals surface area contributed by atoms with E-state index in [1.165, 1.54) is 0 Å². The molecule has 0 aromatic heterocycles. The maximum atomic E-state index is 11.5. The second-order valence-electron chi connectivity index (χ2n) is 4.24. The van der Waals surface area contributed by atoms with Gasteiger partial charge in [-0.05, 0) is 27.7 Å². The van der Waals surface area contributed by atoms with Crippen molar-refractivity contribution in [3.8, 4) is 0 Å². The van der Waals surface area contributed by atoms with Crippen LogP contribution in [0.5, 0.6) is 0 Å². The van der Waals surface area contributed by atoms with E-state index >= 15 is 0 Å². The molecule has 2 atom stereocenters. The van der Waals surface area contributed by atoms with E-state index in [1.54, 1.807) is 34.8 Å². The third kappa shape index (κ3) is 6.83. The highest BCUT2D eigenvalue weighted by Gasteiger charge is 2.30. The minimum Gasteiger partial charge on any atom is -0.449 e. The van der Waals surface area contributed by atoms with Crippen LogP contribution < -0.4 is 0 Å². The van der Waals surface area contributed by atoms with Crippen LogP contribution >= 0.6 is 11.6 Å². The van der Waals surface area contributed by atoms with Gasteiger partial charge in [-0.25, -0.2) is 0 Å². The molecule has 0 radical (unpaired) electrons. The molecular formula is C11H21ClO5. The zero-order chi connectivity index (χ0) is 13.5. The number of esters is 1. The van der Waals surface area contributed by atoms with Gasteiger partial charge >= 0.3 is 5.97 Å². The predicted molar refractivity (Wildman–Crippen MR) is 63.6 cm³/mol. The van der Waals surface area contributed by atoms with E-state index in [9.17, 15) is 4.79 Å². The van der Waals surface area contributed by atoms with Gasteiger partial charge in [-0.3, -0.25) is 4.79 Å². The third-order valence-corrected chi connectivity index (χ3v) is 2.24. The number of hydrogen-bond acceptors (Lipinski definition) is 5. The zero-order valence-electron chi connectivity index (χ0n) is 11.0. The van der Waals surface area contributed by atoms with Crippen molar-refractivity contribution in [2.75, 3.05) is 19.8 Å². The van der Waals surface area contributed by atoms with E-state index in [1.807, 2.05) is 0 Å². The molecule has 0 saturated carbocycles. The van der Waals surface area contributed by atoms with E-state index in [4.69, 9.17) is 30.5 Å². The number of rotatable bonds is 8. The number of ether oxygens (including phenoxy) is 4. The van der Waals surface area contributed by atoms with Crippen LogP contribution in [0.25, 0.3) is 0 Å². The van der Waals surface area contributed by atoms with Gasteiger partial charge < -0.3 is 18.9 Å². The lowest BCUT2D eigenvalue weighted by molar-refractivity contribution is -0.231. The normalized spacial score (nSPS) is 15.4. The van der Waals surface area contributed by atoms with Crippen LogP contribution in [0.3, 0.4) is 0 Å². The molecular weight excluding hydrogens is 248 g/mol. The van der Waals surface area contributed by atoms with Crippen LogP contribution in [-0.2, 0) is 23.7 Å². The molecule has 0 heterocycles. The summed E-state index contributed by atoms with van der Waals surface area (Å²) in [5, 5.41) is 0. The lowest BCUT2D eigenvalue weighted by Crippen LogP contribution is -2.34. The predicted octanol–water partition coefficient (Wildman–Crippen LogP) is 2.12. The Hall–Kier alpha value is -0.360. The Balaban J connectivity index is 4.04. The SMILES string of the molecule is COC(C)OC(C)OCC(C)(C)C(=O)OCCl. The van der Waals surface area contributed by atoms with Crippen LogP contribution in [0.1, 0.15) is 27.7 Å². The average molecular weight is 269 g/mol. The van der Waals surface area contributed by atoms with Gasteiger partial charge in [-0.15, -0.1) is 0 Å². The number of carbonyl (C=O) groups is 1. The standard InChI is InChI=1S/C11H21ClO5/c1-8(14-5)17-9(2)15-6-11(3,4)10(13)16-7-12/h8-9H,6-7H2,1-5H3. The largest absolute Gasteiger partial charge is 0.449 e. The summed E-state index contributed by atoms with van der Waals surface area (Å²) in [5.74, 6) is -0.403. The Kier molecular flexibility index (Phi) is 7.70. The van der Waals surface area contributed by atoms with E-state index in [0.717, 1.165) is 0 Å². The van der Waals surface area contributed by atoms with Crippen LogP contribution in [0, 0.1) is 5.41 Å². The summed E-state index contributed by atoms with van der Waals surface area (Å²) in [5.41, 5.74) is -0.761. The molecule has 17 heavy (non-hydrogen) atoms. The van der Waals surface area contributed by atoms with Gasteiger partial charge in [0.2, 0.25) is 0 Å². The average Bonchev–Trinajstić information content (AvgIpc) is 2.26. The van der Waals surface area contributed by atoms with Crippen molar-refractivity contribution in [3.05, 3.63) is 0 Å². The van der Waals surface area contributed by atoms with Crippen LogP contribution in [0.15, 0.2) is 0 Å². The number of halogens is 1. The first-order valence-corrected chi connectivity index (χ1v) is 5.90. The van der Waals surface area contributed by atoms with E-state index in [-0.39, 0.29) is 19.0 Å². The molecule has 0 fully saturated rings. The highest BCUT2D eigenvalue weighted by atomic mass is 35.5. The van der Waals surface area contributed by atoms with Gasteiger partial charge in [0.1, 0.15) is 0 Å². The lowest BCUT2D eigenvalue weighted by Gasteiger charge is -2.25. The molecule has 102 valence electrons. The van der Waals surface area contributed by atoms with Gasteiger partial charge in [0, 0.05) is 7.11 Å². The Morgan fingerprint density at radius 2 is 1.88 bits per heavy atom. The van der Waals surface area contributed by atoms with Crippen molar-refractivity contribution in [2.24, 2.45) is 5.41 Å². The highest BCUT2D eigenvalue weighted by molar-refractivity contribution is 6.17. The Morgan fingerprint density at radius 1 is 1.29 bits per heavy atom. The van der Waals surface area contributed by atoms with Crippen LogP contribution in [0.2, 0.25) is 0 Å². The molecule has 0 saturated heterocycles. The summed E-state index contributed by atoms with van der Waals surface area (Å²) < 4.78 is 20.4. The summed E-state index contributed by atoms with van der Waals surface area (Å²) in [6.45, 7) is 7.11. The Morgan fingerprint density at radius 3 is 2.35 bits per heavy atom. The quantitative estimate of drug-likeness (QED) is 0.383. The first kappa shape index (κ1) is 16.6. The van der Waals surface area contributed by atoms with Crippen molar-refractivity contribution in [1.29, 1.82) is 0 Å². The fourth-order valence-electron chi connectivity index (χ4n) is 0.994. The van der Waals surface area contributed by atoms with E-state index in [2.05, 4.69) is 0 Å². The summed E-state index contributed by atoms with van der Waals surface area (Å²) in [6.07, 6.45) is -0.823. The molecule has 0 aliphatic heterocycles. The fourth-order valence-corrected chi connectivity index (χ4v) is 1.09. The molecule has 2 unspecified atom stereocenters. The fraction of sp³-hybridized carbons (Fsp3) is 0.909. The van der Waals surface area contributed by atoms with Gasteiger partial charge in [0.05, 0.1) is 12.0 Å². The molecule has 0 spiro atoms. The van der Waals surface area contributed by atoms with Crippen molar-refractivity contribution in [1.82, 2.24) is 0 Å². The van der Waals surface area contributed by atoms with Crippen LogP contribution in [-0.4, -0.2) is 38.3 Å². The molecule has 0 amide bonds. The second kappa shape index (κ2) is 7.87. The summed E-state index contributed by atoms with van der Waals surface area (Å²) in [7, 11) is 1.54. The smallest absolute Gasteiger partial charge is 0.315 e. The first-order chi connectivity index (χ1) is 7.83. The molecule has 0 aliphatic rings. The lowest BCUT2D eigenvalue weighted by atomic mass is 9.95. The third-order valence-electron chi connectivity index (χ3n) is 2.13. The molecule has 0 N–H and O–H groups in total. The van der Waals surface area contributed by atoms with Gasteiger partial charge in [-0.2, -0.15) is 0 Å². The highest BCUT2D eigenvalue weighted by Crippen LogP contribution is 2.19. The molecule has 6 heteroatoms. The summed E-state index contributed by atoms with van der Waals surface area (Å²) >= 11 is 5.33. The molecule has 5 nitrogen and oxygen atoms in total. The van der Waals surface area contributed by atoms with Crippen molar-refractivity contribution >= 4 is 17.6 Å². The van der Waals surface area contributed by atoms with Crippen molar-refractivity contribution < 1.29 is 23.7 Å². The Labute approximate surface area is 107 Å². The van der Waals surface area contributed by atoms with Crippen molar-refractivity contribution in [2.45, 2.75) is 40.3 Å². The minimum absolute atomic E-state index is 0.158. The maximum absolute atomic E-state index is 11.5. The Bertz CT molecular complexity index is 232. The van der Waals surface area contributed by atoms with Crippen molar-refractivity contribution in [3.63, 3.8) is 0 Å². The molecule has 0 aromatic rings. The number of alkyl halides is 1. The topological polar surface area (TPSA) is 54.0 Å². The minimum atomic E-state index is -0.761. The van der Waals surface area contributed by atoms with E-state index in [0.29, 0.717) is 0 Å². The number of carbonyl (C=O) groups excluding carboxylic acids is 1. The molecule has 0 aromatic carbocycles. The van der Waals surface area contributed by atoms with E-state index < -0.39 is 17.7 Å².